The molecule has 3 saturated heterocycles. The summed E-state index contributed by atoms with van der Waals surface area (Å²) in [6.45, 7) is 21.2. The summed E-state index contributed by atoms with van der Waals surface area (Å²) in [5.41, 5.74) is 7.28. The van der Waals surface area contributed by atoms with E-state index < -0.39 is 0 Å². The van der Waals surface area contributed by atoms with Crippen molar-refractivity contribution in [3.05, 3.63) is 77.9 Å². The van der Waals surface area contributed by atoms with Crippen molar-refractivity contribution >= 4 is 23.3 Å². The summed E-state index contributed by atoms with van der Waals surface area (Å²) in [4.78, 5) is 40.6. The van der Waals surface area contributed by atoms with Crippen molar-refractivity contribution in [1.82, 2.24) is 25.0 Å². The molecule has 3 aromatic rings. The summed E-state index contributed by atoms with van der Waals surface area (Å²) in [6.07, 6.45) is 15.3. The van der Waals surface area contributed by atoms with E-state index in [4.69, 9.17) is 13.9 Å². The highest BCUT2D eigenvalue weighted by molar-refractivity contribution is 5.93. The van der Waals surface area contributed by atoms with Crippen LogP contribution in [0.4, 0.5) is 11.4 Å². The minimum absolute atomic E-state index is 0.0692. The topological polar surface area (TPSA) is 107 Å². The van der Waals surface area contributed by atoms with Crippen LogP contribution >= 0.6 is 0 Å². The second-order valence-corrected chi connectivity index (χ2v) is 17.8. The molecule has 5 heterocycles. The first-order valence-corrected chi connectivity index (χ1v) is 23.3. The molecule has 1 N–H and O–H groups in total. The first kappa shape index (κ1) is 44.7. The second kappa shape index (κ2) is 22.6. The fourth-order valence-electron chi connectivity index (χ4n) is 9.70. The predicted molar refractivity (Wildman–Crippen MR) is 243 cm³/mol. The number of carbonyl (C=O) groups excluding carboxylic acids is 2. The standard InChI is InChI=1S/C26H34N4O3.C23H37N3O2/c31-25(22-9-16-32-19-22)28-23-6-4-20(5-7-23)8-11-29-12-14-30(15-13-29)24-3-1-2-21(18-24)26-27-10-17-33-26;1-4-28-23(27)18-25-12-9-21(10-13-25)8-11-24-14-16-26(17-15-24)22-7-5-6-19(2)20(22)3/h1-3,10,17-20,23H,4-9,11-16H2,(H,28,31);5-7,21H,4,8-18H2,1-3H3. The highest BCUT2D eigenvalue weighted by atomic mass is 16.5. The van der Waals surface area contributed by atoms with Crippen LogP contribution in [0.1, 0.15) is 75.8 Å². The van der Waals surface area contributed by atoms with E-state index >= 15 is 0 Å². The first-order valence-electron chi connectivity index (χ1n) is 23.3. The Morgan fingerprint density at radius 1 is 0.787 bits per heavy atom. The lowest BCUT2D eigenvalue weighted by molar-refractivity contribution is -0.144. The number of hydrogen-bond donors (Lipinski definition) is 1. The second-order valence-electron chi connectivity index (χ2n) is 17.8. The Bertz CT molecular complexity index is 1840. The van der Waals surface area contributed by atoms with Gasteiger partial charge in [-0.3, -0.25) is 24.3 Å². The van der Waals surface area contributed by atoms with E-state index in [9.17, 15) is 9.59 Å². The minimum atomic E-state index is -0.0809. The summed E-state index contributed by atoms with van der Waals surface area (Å²) in [5.74, 6) is 2.25. The van der Waals surface area contributed by atoms with Gasteiger partial charge in [0.25, 0.3) is 5.91 Å². The van der Waals surface area contributed by atoms with Crippen molar-refractivity contribution in [3.8, 4) is 11.5 Å². The van der Waals surface area contributed by atoms with Gasteiger partial charge in [-0.25, -0.2) is 4.98 Å². The molecule has 0 bridgehead atoms. The molecule has 12 heteroatoms. The molecule has 1 amide bonds. The molecule has 61 heavy (non-hydrogen) atoms. The van der Waals surface area contributed by atoms with Gasteiger partial charge >= 0.3 is 5.97 Å². The molecular formula is C49H71N7O5. The number of aromatic nitrogens is 1. The number of anilines is 2. The van der Waals surface area contributed by atoms with E-state index in [0.717, 1.165) is 108 Å². The van der Waals surface area contributed by atoms with E-state index in [1.165, 1.54) is 74.1 Å². The molecule has 8 rings (SSSR count). The third-order valence-electron chi connectivity index (χ3n) is 13.8. The van der Waals surface area contributed by atoms with Gasteiger partial charge in [-0.2, -0.15) is 0 Å². The number of aryl methyl sites for hydroxylation is 1. The maximum absolute atomic E-state index is 12.3. The number of piperidine rings is 1. The Hall–Kier alpha value is -4.39. The van der Waals surface area contributed by atoms with Gasteiger partial charge in [0.2, 0.25) is 5.89 Å². The normalized spacial score (nSPS) is 21.9. The quantitative estimate of drug-likeness (QED) is 0.171. The van der Waals surface area contributed by atoms with Gasteiger partial charge in [-0.15, -0.1) is 0 Å². The number of nitrogens with zero attached hydrogens (tertiary/aromatic N) is 6. The van der Waals surface area contributed by atoms with Crippen LogP contribution in [-0.2, 0) is 19.1 Å². The highest BCUT2D eigenvalue weighted by Gasteiger charge is 2.27. The van der Waals surface area contributed by atoms with Gasteiger partial charge in [-0.05, 0) is 146 Å². The maximum Gasteiger partial charge on any atom is 0.320 e. The van der Waals surface area contributed by atoms with E-state index in [1.54, 1.807) is 18.7 Å². The van der Waals surface area contributed by atoms with Crippen LogP contribution in [0.5, 0.6) is 0 Å². The Kier molecular flexibility index (Phi) is 16.6. The minimum Gasteiger partial charge on any atom is -0.500 e. The lowest BCUT2D eigenvalue weighted by atomic mass is 9.84. The van der Waals surface area contributed by atoms with E-state index in [2.05, 4.69) is 85.0 Å². The molecule has 12 nitrogen and oxygen atoms in total. The van der Waals surface area contributed by atoms with Gasteiger partial charge in [-0.1, -0.05) is 18.2 Å². The van der Waals surface area contributed by atoms with Crippen LogP contribution in [0.15, 0.2) is 71.2 Å². The van der Waals surface area contributed by atoms with Gasteiger partial charge in [0.15, 0.2) is 0 Å². The van der Waals surface area contributed by atoms with Crippen molar-refractivity contribution in [1.29, 1.82) is 0 Å². The van der Waals surface area contributed by atoms with Crippen molar-refractivity contribution in [3.63, 3.8) is 0 Å². The summed E-state index contributed by atoms with van der Waals surface area (Å²) in [5, 5.41) is 3.21. The molecule has 0 unspecified atom stereocenters. The lowest BCUT2D eigenvalue weighted by Gasteiger charge is -2.38. The van der Waals surface area contributed by atoms with E-state index in [0.29, 0.717) is 31.7 Å². The van der Waals surface area contributed by atoms with Crippen LogP contribution in [0.3, 0.4) is 0 Å². The molecule has 0 radical (unpaired) electrons. The number of rotatable bonds is 14. The molecule has 2 aromatic carbocycles. The smallest absolute Gasteiger partial charge is 0.320 e. The van der Waals surface area contributed by atoms with E-state index in [-0.39, 0.29) is 11.9 Å². The average molecular weight is 838 g/mol. The van der Waals surface area contributed by atoms with Crippen molar-refractivity contribution in [2.24, 2.45) is 11.8 Å². The molecular weight excluding hydrogens is 767 g/mol. The number of benzene rings is 2. The average Bonchev–Trinajstić information content (AvgIpc) is 4.05. The van der Waals surface area contributed by atoms with Gasteiger partial charge in [0.05, 0.1) is 37.8 Å². The van der Waals surface area contributed by atoms with Gasteiger partial charge in [0.1, 0.15) is 6.26 Å². The number of piperazine rings is 2. The Labute approximate surface area is 364 Å². The predicted octanol–water partition coefficient (Wildman–Crippen LogP) is 6.92. The number of oxazole rings is 1. The lowest BCUT2D eigenvalue weighted by Crippen LogP contribution is -2.47. The van der Waals surface area contributed by atoms with E-state index in [1.807, 2.05) is 13.0 Å². The van der Waals surface area contributed by atoms with Gasteiger partial charge in [0, 0.05) is 81.8 Å². The largest absolute Gasteiger partial charge is 0.500 e. The monoisotopic (exact) mass is 838 g/mol. The molecule has 332 valence electrons. The Morgan fingerprint density at radius 2 is 1.46 bits per heavy atom. The van der Waals surface area contributed by atoms with Crippen LogP contribution in [-0.4, -0.2) is 136 Å². The number of hydrogen-bond acceptors (Lipinski definition) is 11. The van der Waals surface area contributed by atoms with Gasteiger partial charge < -0.3 is 29.0 Å². The zero-order valence-electron chi connectivity index (χ0n) is 37.2. The van der Waals surface area contributed by atoms with Crippen LogP contribution < -0.4 is 15.1 Å². The van der Waals surface area contributed by atoms with Crippen LogP contribution in [0, 0.1) is 25.7 Å². The van der Waals surface area contributed by atoms with Crippen LogP contribution in [0.2, 0.25) is 0 Å². The Morgan fingerprint density at radius 3 is 2.10 bits per heavy atom. The third kappa shape index (κ3) is 13.1. The highest BCUT2D eigenvalue weighted by Crippen LogP contribution is 2.29. The molecule has 0 spiro atoms. The number of nitrogens with one attached hydrogen (secondary N) is 1. The maximum atomic E-state index is 12.3. The summed E-state index contributed by atoms with van der Waals surface area (Å²) in [6, 6.07) is 15.5. The molecule has 1 aromatic heterocycles. The number of esters is 1. The molecule has 4 aliphatic heterocycles. The van der Waals surface area contributed by atoms with Crippen LogP contribution in [0.25, 0.3) is 11.5 Å². The molecule has 0 atom stereocenters. The zero-order chi connectivity index (χ0) is 42.4. The fraction of sp³-hybridized carbons (Fsp3) is 0.612. The molecule has 1 saturated carbocycles. The summed E-state index contributed by atoms with van der Waals surface area (Å²) in [7, 11) is 0. The van der Waals surface area contributed by atoms with Crippen molar-refractivity contribution in [2.45, 2.75) is 84.6 Å². The first-order chi connectivity index (χ1) is 29.8. The molecule has 1 aliphatic carbocycles. The Balaban J connectivity index is 0.000000187. The SMILES string of the molecule is CCOC(=O)CN1CCC(CCN2CCN(c3cccc(C)c3C)CC2)CC1.O=C(NC1CCC(CCN2CCN(c3cccc(-c4ncco4)c3)CC2)CC1)C1=COCC1. The number of ether oxygens (including phenoxy) is 2. The molecule has 5 aliphatic rings. The fourth-order valence-corrected chi connectivity index (χ4v) is 9.70. The number of carbonyl (C=O) groups is 2. The number of amides is 1. The number of likely N-dealkylation sites (tertiary alicyclic amines) is 1. The molecule has 4 fully saturated rings. The van der Waals surface area contributed by atoms with Crippen molar-refractivity contribution < 1.29 is 23.5 Å². The zero-order valence-corrected chi connectivity index (χ0v) is 37.2. The summed E-state index contributed by atoms with van der Waals surface area (Å²) < 4.78 is 15.7. The third-order valence-corrected chi connectivity index (χ3v) is 13.8. The van der Waals surface area contributed by atoms with Crippen molar-refractivity contribution in [2.75, 3.05) is 108 Å². The summed E-state index contributed by atoms with van der Waals surface area (Å²) >= 11 is 0.